The summed E-state index contributed by atoms with van der Waals surface area (Å²) < 4.78 is 0. The molecule has 0 amide bonds. The minimum Gasteiger partial charge on any atom is -0.370 e. The Bertz CT molecular complexity index is 513. The number of nitrogens with one attached hydrogen (secondary N) is 1. The van der Waals surface area contributed by atoms with E-state index in [1.807, 2.05) is 0 Å². The van der Waals surface area contributed by atoms with Gasteiger partial charge in [-0.3, -0.25) is 0 Å². The predicted molar refractivity (Wildman–Crippen MR) is 81.6 cm³/mol. The van der Waals surface area contributed by atoms with Crippen molar-refractivity contribution in [2.45, 2.75) is 45.2 Å². The SMILES string of the molecule is CCC1CCN(c2ccc(CNC3CC3)cc2C#N)C1. The lowest BCUT2D eigenvalue weighted by atomic mass is 10.1. The van der Waals surface area contributed by atoms with Crippen LogP contribution in [0.1, 0.15) is 43.7 Å². The van der Waals surface area contributed by atoms with Crippen molar-refractivity contribution in [1.82, 2.24) is 5.32 Å². The van der Waals surface area contributed by atoms with Gasteiger partial charge in [-0.1, -0.05) is 19.4 Å². The molecule has 2 fully saturated rings. The summed E-state index contributed by atoms with van der Waals surface area (Å²) in [4.78, 5) is 2.38. The van der Waals surface area contributed by atoms with Gasteiger partial charge in [-0.2, -0.15) is 5.26 Å². The van der Waals surface area contributed by atoms with Gasteiger partial charge in [-0.15, -0.1) is 0 Å². The number of anilines is 1. The second-order valence-corrected chi connectivity index (χ2v) is 6.13. The molecule has 1 saturated heterocycles. The van der Waals surface area contributed by atoms with E-state index in [2.05, 4.69) is 41.4 Å². The quantitative estimate of drug-likeness (QED) is 0.893. The van der Waals surface area contributed by atoms with E-state index in [9.17, 15) is 5.26 Å². The Morgan fingerprint density at radius 1 is 1.35 bits per heavy atom. The highest BCUT2D eigenvalue weighted by atomic mass is 15.2. The molecule has 1 saturated carbocycles. The fraction of sp³-hybridized carbons (Fsp3) is 0.588. The van der Waals surface area contributed by atoms with E-state index >= 15 is 0 Å². The van der Waals surface area contributed by atoms with E-state index in [1.54, 1.807) is 0 Å². The van der Waals surface area contributed by atoms with Crippen molar-refractivity contribution in [3.05, 3.63) is 29.3 Å². The fourth-order valence-corrected chi connectivity index (χ4v) is 2.99. The van der Waals surface area contributed by atoms with E-state index in [0.29, 0.717) is 6.04 Å². The molecule has 3 nitrogen and oxygen atoms in total. The van der Waals surface area contributed by atoms with Gasteiger partial charge in [0.2, 0.25) is 0 Å². The van der Waals surface area contributed by atoms with Crippen molar-refractivity contribution < 1.29 is 0 Å². The van der Waals surface area contributed by atoms with Crippen LogP contribution in [0.2, 0.25) is 0 Å². The van der Waals surface area contributed by atoms with Crippen LogP contribution in [0.15, 0.2) is 18.2 Å². The third-order valence-electron chi connectivity index (χ3n) is 4.56. The van der Waals surface area contributed by atoms with Crippen LogP contribution in [0.5, 0.6) is 0 Å². The summed E-state index contributed by atoms with van der Waals surface area (Å²) >= 11 is 0. The molecule has 1 N–H and O–H groups in total. The highest BCUT2D eigenvalue weighted by Crippen LogP contribution is 2.29. The summed E-state index contributed by atoms with van der Waals surface area (Å²) in [6.07, 6.45) is 5.10. The third kappa shape index (κ3) is 2.96. The standard InChI is InChI=1S/C17H23N3/c1-2-13-7-8-20(12-13)17-6-3-14(9-15(17)10-18)11-19-16-4-5-16/h3,6,9,13,16,19H,2,4-5,7-8,11-12H2,1H3. The van der Waals surface area contributed by atoms with Gasteiger partial charge in [-0.05, 0) is 42.9 Å². The Kier molecular flexibility index (Phi) is 3.93. The molecule has 0 spiro atoms. The van der Waals surface area contributed by atoms with Crippen molar-refractivity contribution in [2.24, 2.45) is 5.92 Å². The summed E-state index contributed by atoms with van der Waals surface area (Å²) in [7, 11) is 0. The van der Waals surface area contributed by atoms with Crippen LogP contribution in [0.3, 0.4) is 0 Å². The van der Waals surface area contributed by atoms with Crippen LogP contribution in [-0.2, 0) is 6.54 Å². The first-order valence-corrected chi connectivity index (χ1v) is 7.81. The predicted octanol–water partition coefficient (Wildman–Crippen LogP) is 3.05. The zero-order valence-electron chi connectivity index (χ0n) is 12.2. The summed E-state index contributed by atoms with van der Waals surface area (Å²) in [5.41, 5.74) is 3.18. The van der Waals surface area contributed by atoms with E-state index in [1.165, 1.54) is 31.2 Å². The van der Waals surface area contributed by atoms with Crippen LogP contribution in [-0.4, -0.2) is 19.1 Å². The number of nitriles is 1. The average molecular weight is 269 g/mol. The fourth-order valence-electron chi connectivity index (χ4n) is 2.99. The lowest BCUT2D eigenvalue weighted by Gasteiger charge is -2.20. The normalized spacial score (nSPS) is 22.0. The Morgan fingerprint density at radius 3 is 2.85 bits per heavy atom. The Labute approximate surface area is 121 Å². The lowest BCUT2D eigenvalue weighted by molar-refractivity contribution is 0.569. The Balaban J connectivity index is 1.72. The maximum atomic E-state index is 9.42. The smallest absolute Gasteiger partial charge is 0.101 e. The monoisotopic (exact) mass is 269 g/mol. The molecule has 3 heteroatoms. The molecule has 0 bridgehead atoms. The minimum absolute atomic E-state index is 0.712. The lowest BCUT2D eigenvalue weighted by Crippen LogP contribution is -2.21. The molecule has 0 radical (unpaired) electrons. The molecule has 1 aliphatic heterocycles. The van der Waals surface area contributed by atoms with Gasteiger partial charge in [0, 0.05) is 25.7 Å². The first-order chi connectivity index (χ1) is 9.80. The van der Waals surface area contributed by atoms with E-state index in [0.717, 1.165) is 36.8 Å². The van der Waals surface area contributed by atoms with Gasteiger partial charge < -0.3 is 10.2 Å². The molecule has 2 aliphatic rings. The first-order valence-electron chi connectivity index (χ1n) is 7.81. The van der Waals surface area contributed by atoms with Gasteiger partial charge in [-0.25, -0.2) is 0 Å². The van der Waals surface area contributed by atoms with Gasteiger partial charge in [0.05, 0.1) is 11.3 Å². The third-order valence-corrected chi connectivity index (χ3v) is 4.56. The van der Waals surface area contributed by atoms with Crippen LogP contribution in [0, 0.1) is 17.2 Å². The molecule has 1 atom stereocenters. The molecular weight excluding hydrogens is 246 g/mol. The topological polar surface area (TPSA) is 39.1 Å². The van der Waals surface area contributed by atoms with Gasteiger partial charge in [0.25, 0.3) is 0 Å². The van der Waals surface area contributed by atoms with Crippen molar-refractivity contribution in [1.29, 1.82) is 5.26 Å². The summed E-state index contributed by atoms with van der Waals surface area (Å²) in [6, 6.07) is 9.46. The van der Waals surface area contributed by atoms with Gasteiger partial charge in [0.1, 0.15) is 6.07 Å². The maximum absolute atomic E-state index is 9.42. The van der Waals surface area contributed by atoms with Gasteiger partial charge in [0.15, 0.2) is 0 Å². The van der Waals surface area contributed by atoms with Crippen LogP contribution in [0.4, 0.5) is 5.69 Å². The molecule has 106 valence electrons. The van der Waals surface area contributed by atoms with Crippen LogP contribution in [0.25, 0.3) is 0 Å². The van der Waals surface area contributed by atoms with Crippen LogP contribution >= 0.6 is 0 Å². The zero-order chi connectivity index (χ0) is 13.9. The highest BCUT2D eigenvalue weighted by molar-refractivity contribution is 5.61. The molecule has 1 unspecified atom stereocenters. The number of hydrogen-bond donors (Lipinski definition) is 1. The largest absolute Gasteiger partial charge is 0.370 e. The molecule has 20 heavy (non-hydrogen) atoms. The molecule has 1 aliphatic carbocycles. The second kappa shape index (κ2) is 5.85. The molecule has 3 rings (SSSR count). The molecular formula is C17H23N3. The summed E-state index contributed by atoms with van der Waals surface area (Å²) in [5.74, 6) is 0.790. The summed E-state index contributed by atoms with van der Waals surface area (Å²) in [6.45, 7) is 5.33. The number of rotatable bonds is 5. The highest BCUT2D eigenvalue weighted by Gasteiger charge is 2.23. The van der Waals surface area contributed by atoms with Crippen LogP contribution < -0.4 is 10.2 Å². The van der Waals surface area contributed by atoms with Crippen molar-refractivity contribution in [3.63, 3.8) is 0 Å². The zero-order valence-corrected chi connectivity index (χ0v) is 12.2. The van der Waals surface area contributed by atoms with E-state index in [4.69, 9.17) is 0 Å². The average Bonchev–Trinajstić information content (AvgIpc) is 3.20. The summed E-state index contributed by atoms with van der Waals surface area (Å²) in [5, 5.41) is 12.9. The molecule has 1 aromatic carbocycles. The molecule has 1 aromatic rings. The van der Waals surface area contributed by atoms with Crippen molar-refractivity contribution in [2.75, 3.05) is 18.0 Å². The van der Waals surface area contributed by atoms with E-state index < -0.39 is 0 Å². The second-order valence-electron chi connectivity index (χ2n) is 6.13. The van der Waals surface area contributed by atoms with Crippen molar-refractivity contribution >= 4 is 5.69 Å². The molecule has 0 aromatic heterocycles. The van der Waals surface area contributed by atoms with E-state index in [-0.39, 0.29) is 0 Å². The number of benzene rings is 1. The van der Waals surface area contributed by atoms with Crippen molar-refractivity contribution in [3.8, 4) is 6.07 Å². The minimum atomic E-state index is 0.712. The Hall–Kier alpha value is -1.53. The maximum Gasteiger partial charge on any atom is 0.101 e. The Morgan fingerprint density at radius 2 is 2.20 bits per heavy atom. The number of hydrogen-bond acceptors (Lipinski definition) is 3. The number of nitrogens with zero attached hydrogens (tertiary/aromatic N) is 2. The molecule has 1 heterocycles. The first kappa shape index (κ1) is 13.5. The van der Waals surface area contributed by atoms with Gasteiger partial charge >= 0.3 is 0 Å².